The van der Waals surface area contributed by atoms with E-state index in [1.54, 1.807) is 29.3 Å². The topological polar surface area (TPSA) is 68.1 Å². The predicted octanol–water partition coefficient (Wildman–Crippen LogP) is 2.61. The first-order valence-electron chi connectivity index (χ1n) is 7.27. The van der Waals surface area contributed by atoms with E-state index in [-0.39, 0.29) is 10.9 Å². The summed E-state index contributed by atoms with van der Waals surface area (Å²) in [5.41, 5.74) is 0.903. The van der Waals surface area contributed by atoms with Gasteiger partial charge in [0.15, 0.2) is 0 Å². The van der Waals surface area contributed by atoms with Gasteiger partial charge in [-0.1, -0.05) is 6.92 Å². The molecule has 0 aromatic carbocycles. The Balaban J connectivity index is 2.32. The van der Waals surface area contributed by atoms with Crippen molar-refractivity contribution in [3.05, 3.63) is 28.0 Å². The quantitative estimate of drug-likeness (QED) is 0.809. The summed E-state index contributed by atoms with van der Waals surface area (Å²) in [6.45, 7) is 8.43. The maximum atomic E-state index is 12.7. The number of sulfonamides is 1. The minimum Gasteiger partial charge on any atom is -0.272 e. The summed E-state index contributed by atoms with van der Waals surface area (Å²) in [6.07, 6.45) is 3.83. The van der Waals surface area contributed by atoms with Gasteiger partial charge < -0.3 is 0 Å². The summed E-state index contributed by atoms with van der Waals surface area (Å²) in [4.78, 5) is 5.70. The van der Waals surface area contributed by atoms with Crippen LogP contribution in [-0.4, -0.2) is 34.5 Å². The highest BCUT2D eigenvalue weighted by atomic mass is 32.2. The molecule has 0 aliphatic carbocycles. The van der Waals surface area contributed by atoms with Crippen molar-refractivity contribution in [3.8, 4) is 0 Å². The molecule has 0 amide bonds. The third-order valence-electron chi connectivity index (χ3n) is 3.71. The third-order valence-corrected chi connectivity index (χ3v) is 7.07. The Morgan fingerprint density at radius 2 is 2.09 bits per heavy atom. The van der Waals surface area contributed by atoms with Gasteiger partial charge in [0, 0.05) is 24.7 Å². The monoisotopic (exact) mass is 342 g/mol. The van der Waals surface area contributed by atoms with Crippen molar-refractivity contribution in [2.24, 2.45) is 0 Å². The first-order chi connectivity index (χ1) is 10.3. The van der Waals surface area contributed by atoms with E-state index in [4.69, 9.17) is 0 Å². The van der Waals surface area contributed by atoms with E-state index in [9.17, 15) is 8.42 Å². The Morgan fingerprint density at radius 3 is 2.59 bits per heavy atom. The van der Waals surface area contributed by atoms with E-state index < -0.39 is 10.0 Å². The molecule has 0 aliphatic heterocycles. The molecule has 2 aromatic rings. The van der Waals surface area contributed by atoms with Crippen LogP contribution in [0.4, 0.5) is 0 Å². The van der Waals surface area contributed by atoms with E-state index in [2.05, 4.69) is 10.1 Å². The van der Waals surface area contributed by atoms with Crippen molar-refractivity contribution < 1.29 is 8.42 Å². The molecule has 0 aliphatic rings. The zero-order valence-corrected chi connectivity index (χ0v) is 15.2. The van der Waals surface area contributed by atoms with Crippen LogP contribution in [0.1, 0.15) is 42.4 Å². The van der Waals surface area contributed by atoms with Gasteiger partial charge in [0.1, 0.15) is 4.90 Å². The summed E-state index contributed by atoms with van der Waals surface area (Å²) in [6, 6.07) is -0.257. The van der Waals surface area contributed by atoms with Gasteiger partial charge in [-0.25, -0.2) is 13.4 Å². The van der Waals surface area contributed by atoms with Crippen molar-refractivity contribution in [1.82, 2.24) is 19.1 Å². The van der Waals surface area contributed by atoms with Crippen LogP contribution in [0.25, 0.3) is 0 Å². The molecule has 0 bridgehead atoms. The molecule has 0 fully saturated rings. The number of aromatic nitrogens is 3. The molecule has 0 spiro atoms. The number of hydrogen-bond acceptors (Lipinski definition) is 5. The summed E-state index contributed by atoms with van der Waals surface area (Å²) in [5.74, 6) is 0. The largest absolute Gasteiger partial charge is 0.272 e. The van der Waals surface area contributed by atoms with Gasteiger partial charge >= 0.3 is 0 Å². The lowest BCUT2D eigenvalue weighted by Gasteiger charge is -2.23. The van der Waals surface area contributed by atoms with Crippen molar-refractivity contribution >= 4 is 21.4 Å². The van der Waals surface area contributed by atoms with Crippen LogP contribution in [0.15, 0.2) is 17.3 Å². The number of rotatable bonds is 6. The highest BCUT2D eigenvalue weighted by molar-refractivity contribution is 7.89. The Hall–Kier alpha value is -1.25. The maximum Gasteiger partial charge on any atom is 0.246 e. The highest BCUT2D eigenvalue weighted by Gasteiger charge is 2.29. The molecule has 0 saturated carbocycles. The van der Waals surface area contributed by atoms with Crippen molar-refractivity contribution in [3.63, 3.8) is 0 Å². The van der Waals surface area contributed by atoms with Crippen molar-refractivity contribution in [2.45, 2.75) is 51.6 Å². The maximum absolute atomic E-state index is 12.7. The molecule has 0 saturated heterocycles. The van der Waals surface area contributed by atoms with E-state index in [0.717, 1.165) is 22.0 Å². The second-order valence-corrected chi connectivity index (χ2v) is 8.25. The SMILES string of the molecule is CCc1nc(C)c([C@H](C)N(C)S(=O)(=O)c2cnn(CC)c2)s1. The molecule has 0 N–H and O–H groups in total. The Morgan fingerprint density at radius 1 is 1.41 bits per heavy atom. The molecule has 122 valence electrons. The molecule has 8 heteroatoms. The van der Waals surface area contributed by atoms with Gasteiger partial charge in [-0.2, -0.15) is 9.40 Å². The standard InChI is InChI=1S/C14H22N4O2S2/c1-6-13-16-10(3)14(21-13)11(4)17(5)22(19,20)12-8-15-18(7-2)9-12/h8-9,11H,6-7H2,1-5H3/t11-/m0/s1. The molecule has 22 heavy (non-hydrogen) atoms. The molecule has 2 rings (SSSR count). The molecule has 0 radical (unpaired) electrons. The second kappa shape index (κ2) is 6.47. The summed E-state index contributed by atoms with van der Waals surface area (Å²) >= 11 is 1.58. The lowest BCUT2D eigenvalue weighted by Crippen LogP contribution is -2.29. The zero-order valence-electron chi connectivity index (χ0n) is 13.6. The van der Waals surface area contributed by atoms with E-state index >= 15 is 0 Å². The van der Waals surface area contributed by atoms with Crippen LogP contribution in [0, 0.1) is 6.92 Å². The molecule has 2 heterocycles. The average Bonchev–Trinajstić information content (AvgIpc) is 3.12. The van der Waals surface area contributed by atoms with E-state index in [0.29, 0.717) is 6.54 Å². The van der Waals surface area contributed by atoms with Crippen molar-refractivity contribution in [2.75, 3.05) is 7.05 Å². The summed E-state index contributed by atoms with van der Waals surface area (Å²) < 4.78 is 28.4. The minimum absolute atomic E-state index is 0.224. The molecular formula is C14H22N4O2S2. The normalized spacial score (nSPS) is 13.7. The highest BCUT2D eigenvalue weighted by Crippen LogP contribution is 2.31. The Kier molecular flexibility index (Phi) is 5.03. The van der Waals surface area contributed by atoms with E-state index in [1.165, 1.54) is 10.5 Å². The number of thiazole rings is 1. The Labute approximate surface area is 135 Å². The lowest BCUT2D eigenvalue weighted by molar-refractivity contribution is 0.401. The third kappa shape index (κ3) is 3.09. The minimum atomic E-state index is -3.56. The first-order valence-corrected chi connectivity index (χ1v) is 9.53. The average molecular weight is 342 g/mol. The molecule has 6 nitrogen and oxygen atoms in total. The fourth-order valence-electron chi connectivity index (χ4n) is 2.19. The van der Waals surface area contributed by atoms with Gasteiger partial charge in [0.2, 0.25) is 10.0 Å². The smallest absolute Gasteiger partial charge is 0.246 e. The predicted molar refractivity (Wildman–Crippen MR) is 87.5 cm³/mol. The molecule has 1 atom stereocenters. The van der Waals surface area contributed by atoms with Gasteiger partial charge in [-0.05, 0) is 27.2 Å². The molecule has 2 aromatic heterocycles. The first kappa shape index (κ1) is 17.1. The second-order valence-electron chi connectivity index (χ2n) is 5.14. The van der Waals surface area contributed by atoms with Crippen LogP contribution in [0.3, 0.4) is 0 Å². The number of nitrogens with zero attached hydrogens (tertiary/aromatic N) is 4. The number of aryl methyl sites for hydroxylation is 3. The van der Waals surface area contributed by atoms with Crippen LogP contribution in [0.2, 0.25) is 0 Å². The number of hydrogen-bond donors (Lipinski definition) is 0. The lowest BCUT2D eigenvalue weighted by atomic mass is 10.2. The molecular weight excluding hydrogens is 320 g/mol. The van der Waals surface area contributed by atoms with Crippen LogP contribution in [-0.2, 0) is 23.0 Å². The Bertz CT molecular complexity index is 749. The van der Waals surface area contributed by atoms with Gasteiger partial charge in [-0.15, -0.1) is 11.3 Å². The van der Waals surface area contributed by atoms with Crippen molar-refractivity contribution in [1.29, 1.82) is 0 Å². The fraction of sp³-hybridized carbons (Fsp3) is 0.571. The summed E-state index contributed by atoms with van der Waals surface area (Å²) in [7, 11) is -1.96. The van der Waals surface area contributed by atoms with Crippen LogP contribution in [0.5, 0.6) is 0 Å². The van der Waals surface area contributed by atoms with Gasteiger partial charge in [0.25, 0.3) is 0 Å². The summed E-state index contributed by atoms with van der Waals surface area (Å²) in [5, 5.41) is 5.08. The van der Waals surface area contributed by atoms with E-state index in [1.807, 2.05) is 27.7 Å². The fourth-order valence-corrected chi connectivity index (χ4v) is 4.65. The van der Waals surface area contributed by atoms with Crippen LogP contribution < -0.4 is 0 Å². The van der Waals surface area contributed by atoms with Crippen LogP contribution >= 0.6 is 11.3 Å². The molecule has 0 unspecified atom stereocenters. The zero-order chi connectivity index (χ0) is 16.5. The van der Waals surface area contributed by atoms with Gasteiger partial charge in [-0.3, -0.25) is 4.68 Å². The van der Waals surface area contributed by atoms with Gasteiger partial charge in [0.05, 0.1) is 22.9 Å².